The van der Waals surface area contributed by atoms with Crippen LogP contribution in [0.1, 0.15) is 26.7 Å². The molecule has 1 heterocycles. The zero-order chi connectivity index (χ0) is 11.6. The van der Waals surface area contributed by atoms with Crippen LogP contribution in [0.2, 0.25) is 0 Å². The SMILES string of the molecule is CCCNCCC.c1ccc2[nH]cnc2c1. The number of rotatable bonds is 4. The molecule has 0 atom stereocenters. The summed E-state index contributed by atoms with van der Waals surface area (Å²) in [6.45, 7) is 6.72. The molecule has 88 valence electrons. The quantitative estimate of drug-likeness (QED) is 0.776. The number of benzene rings is 1. The van der Waals surface area contributed by atoms with Gasteiger partial charge in [-0.25, -0.2) is 4.98 Å². The molecule has 0 saturated heterocycles. The Balaban J connectivity index is 0.000000168. The minimum atomic E-state index is 1.03. The summed E-state index contributed by atoms with van der Waals surface area (Å²) in [5.74, 6) is 0. The lowest BCUT2D eigenvalue weighted by molar-refractivity contribution is 0.662. The topological polar surface area (TPSA) is 40.7 Å². The molecule has 0 aliphatic carbocycles. The second kappa shape index (κ2) is 7.88. The van der Waals surface area contributed by atoms with Crippen LogP contribution in [0, 0.1) is 0 Å². The Morgan fingerprint density at radius 1 is 1.12 bits per heavy atom. The van der Waals surface area contributed by atoms with E-state index in [4.69, 9.17) is 0 Å². The van der Waals surface area contributed by atoms with Gasteiger partial charge in [-0.2, -0.15) is 0 Å². The van der Waals surface area contributed by atoms with Crippen molar-refractivity contribution in [1.29, 1.82) is 0 Å². The molecule has 2 aromatic rings. The Morgan fingerprint density at radius 2 is 1.81 bits per heavy atom. The molecule has 0 spiro atoms. The zero-order valence-corrected chi connectivity index (χ0v) is 10.2. The summed E-state index contributed by atoms with van der Waals surface area (Å²) in [4.78, 5) is 7.07. The predicted octanol–water partition coefficient (Wildman–Crippen LogP) is 2.96. The Bertz CT molecular complexity index is 347. The summed E-state index contributed by atoms with van der Waals surface area (Å²) < 4.78 is 0. The first-order valence-electron chi connectivity index (χ1n) is 5.97. The number of imidazole rings is 1. The highest BCUT2D eigenvalue weighted by molar-refractivity contribution is 5.73. The van der Waals surface area contributed by atoms with Crippen molar-refractivity contribution in [2.45, 2.75) is 26.7 Å². The van der Waals surface area contributed by atoms with Gasteiger partial charge in [0.2, 0.25) is 0 Å². The molecule has 0 aliphatic heterocycles. The van der Waals surface area contributed by atoms with Gasteiger partial charge in [-0.1, -0.05) is 26.0 Å². The average Bonchev–Trinajstić information content (AvgIpc) is 2.78. The van der Waals surface area contributed by atoms with Gasteiger partial charge in [0, 0.05) is 0 Å². The van der Waals surface area contributed by atoms with Crippen molar-refractivity contribution in [3.63, 3.8) is 0 Å². The van der Waals surface area contributed by atoms with Crippen LogP contribution in [0.15, 0.2) is 30.6 Å². The number of nitrogens with one attached hydrogen (secondary N) is 2. The normalized spacial score (nSPS) is 9.88. The van der Waals surface area contributed by atoms with Crippen molar-refractivity contribution in [1.82, 2.24) is 15.3 Å². The lowest BCUT2D eigenvalue weighted by Gasteiger charge is -1.95. The zero-order valence-electron chi connectivity index (χ0n) is 10.2. The van der Waals surface area contributed by atoms with E-state index in [2.05, 4.69) is 29.1 Å². The van der Waals surface area contributed by atoms with E-state index in [0.29, 0.717) is 0 Å². The molecule has 1 aromatic heterocycles. The molecule has 16 heavy (non-hydrogen) atoms. The Labute approximate surface area is 97.3 Å². The highest BCUT2D eigenvalue weighted by Crippen LogP contribution is 2.05. The van der Waals surface area contributed by atoms with Gasteiger partial charge in [0.1, 0.15) is 0 Å². The molecule has 2 rings (SSSR count). The first kappa shape index (κ1) is 12.7. The first-order chi connectivity index (χ1) is 7.88. The van der Waals surface area contributed by atoms with Gasteiger partial charge in [-0.15, -0.1) is 0 Å². The minimum Gasteiger partial charge on any atom is -0.345 e. The third kappa shape index (κ3) is 4.45. The summed E-state index contributed by atoms with van der Waals surface area (Å²) in [6, 6.07) is 7.94. The van der Waals surface area contributed by atoms with E-state index < -0.39 is 0 Å². The standard InChI is InChI=1S/C7H6N2.C6H15N/c1-2-4-7-6(3-1)8-5-9-7;1-3-5-7-6-4-2/h1-5H,(H,8,9);7H,3-6H2,1-2H3. The van der Waals surface area contributed by atoms with Crippen LogP contribution >= 0.6 is 0 Å². The van der Waals surface area contributed by atoms with Crippen LogP contribution in [0.5, 0.6) is 0 Å². The molecule has 0 bridgehead atoms. The fraction of sp³-hybridized carbons (Fsp3) is 0.462. The van der Waals surface area contributed by atoms with Gasteiger partial charge in [-0.05, 0) is 38.1 Å². The number of para-hydroxylation sites is 2. The van der Waals surface area contributed by atoms with Crippen molar-refractivity contribution in [2.24, 2.45) is 0 Å². The molecular formula is C13H21N3. The van der Waals surface area contributed by atoms with Crippen molar-refractivity contribution in [3.05, 3.63) is 30.6 Å². The molecule has 0 radical (unpaired) electrons. The van der Waals surface area contributed by atoms with Gasteiger partial charge >= 0.3 is 0 Å². The third-order valence-electron chi connectivity index (χ3n) is 2.18. The third-order valence-corrected chi connectivity index (χ3v) is 2.18. The van der Waals surface area contributed by atoms with Crippen LogP contribution < -0.4 is 5.32 Å². The number of hydrogen-bond donors (Lipinski definition) is 2. The number of nitrogens with zero attached hydrogens (tertiary/aromatic N) is 1. The van der Waals surface area contributed by atoms with Gasteiger partial charge in [0.25, 0.3) is 0 Å². The summed E-state index contributed by atoms with van der Waals surface area (Å²) >= 11 is 0. The second-order valence-electron chi connectivity index (χ2n) is 3.67. The van der Waals surface area contributed by atoms with E-state index in [0.717, 1.165) is 11.0 Å². The lowest BCUT2D eigenvalue weighted by Crippen LogP contribution is -2.14. The Kier molecular flexibility index (Phi) is 6.26. The van der Waals surface area contributed by atoms with Crippen LogP contribution in [-0.2, 0) is 0 Å². The predicted molar refractivity (Wildman–Crippen MR) is 69.5 cm³/mol. The highest BCUT2D eigenvalue weighted by atomic mass is 14.9. The van der Waals surface area contributed by atoms with Crippen molar-refractivity contribution < 1.29 is 0 Å². The average molecular weight is 219 g/mol. The van der Waals surface area contributed by atoms with Crippen LogP contribution in [0.25, 0.3) is 11.0 Å². The number of aromatic amines is 1. The molecule has 1 aromatic carbocycles. The minimum absolute atomic E-state index is 1.03. The molecule has 0 aliphatic rings. The summed E-state index contributed by atoms with van der Waals surface area (Å²) in [7, 11) is 0. The van der Waals surface area contributed by atoms with E-state index in [1.807, 2.05) is 24.3 Å². The molecule has 2 N–H and O–H groups in total. The number of fused-ring (bicyclic) bond motifs is 1. The maximum Gasteiger partial charge on any atom is 0.0931 e. The molecular weight excluding hydrogens is 198 g/mol. The maximum absolute atomic E-state index is 4.06. The van der Waals surface area contributed by atoms with Crippen molar-refractivity contribution >= 4 is 11.0 Å². The van der Waals surface area contributed by atoms with Crippen LogP contribution in [0.3, 0.4) is 0 Å². The lowest BCUT2D eigenvalue weighted by atomic mass is 10.3. The van der Waals surface area contributed by atoms with E-state index >= 15 is 0 Å². The fourth-order valence-corrected chi connectivity index (χ4v) is 1.36. The Hall–Kier alpha value is -1.35. The molecule has 0 fully saturated rings. The number of H-pyrrole nitrogens is 1. The van der Waals surface area contributed by atoms with Crippen molar-refractivity contribution in [2.75, 3.05) is 13.1 Å². The van der Waals surface area contributed by atoms with E-state index in [-0.39, 0.29) is 0 Å². The molecule has 0 amide bonds. The monoisotopic (exact) mass is 219 g/mol. The van der Waals surface area contributed by atoms with Crippen molar-refractivity contribution in [3.8, 4) is 0 Å². The largest absolute Gasteiger partial charge is 0.345 e. The molecule has 0 unspecified atom stereocenters. The Morgan fingerprint density at radius 3 is 2.44 bits per heavy atom. The van der Waals surface area contributed by atoms with Gasteiger partial charge in [-0.3, -0.25) is 0 Å². The van der Waals surface area contributed by atoms with Crippen LogP contribution in [0.4, 0.5) is 0 Å². The molecule has 3 nitrogen and oxygen atoms in total. The summed E-state index contributed by atoms with van der Waals surface area (Å²) in [6.07, 6.45) is 4.20. The molecule has 0 saturated carbocycles. The van der Waals surface area contributed by atoms with E-state index in [1.54, 1.807) is 6.33 Å². The summed E-state index contributed by atoms with van der Waals surface area (Å²) in [5, 5.41) is 3.28. The first-order valence-corrected chi connectivity index (χ1v) is 5.97. The molecule has 3 heteroatoms. The fourth-order valence-electron chi connectivity index (χ4n) is 1.36. The number of aromatic nitrogens is 2. The van der Waals surface area contributed by atoms with Gasteiger partial charge in [0.05, 0.1) is 17.4 Å². The van der Waals surface area contributed by atoms with E-state index in [9.17, 15) is 0 Å². The summed E-state index contributed by atoms with van der Waals surface area (Å²) in [5.41, 5.74) is 2.12. The maximum atomic E-state index is 4.06. The highest BCUT2D eigenvalue weighted by Gasteiger charge is 1.88. The second-order valence-corrected chi connectivity index (χ2v) is 3.67. The number of hydrogen-bond acceptors (Lipinski definition) is 2. The smallest absolute Gasteiger partial charge is 0.0931 e. The van der Waals surface area contributed by atoms with Gasteiger partial charge in [0.15, 0.2) is 0 Å². The van der Waals surface area contributed by atoms with Gasteiger partial charge < -0.3 is 10.3 Å². The van der Waals surface area contributed by atoms with E-state index in [1.165, 1.54) is 25.9 Å². The van der Waals surface area contributed by atoms with Crippen LogP contribution in [-0.4, -0.2) is 23.1 Å².